The number of aryl methyl sites for hydroxylation is 2. The number of fused-ring (bicyclic) bond motifs is 1. The van der Waals surface area contributed by atoms with Crippen molar-refractivity contribution < 1.29 is 4.52 Å². The van der Waals surface area contributed by atoms with Crippen molar-refractivity contribution in [2.45, 2.75) is 38.8 Å². The summed E-state index contributed by atoms with van der Waals surface area (Å²) in [5.74, 6) is 2.47. The zero-order chi connectivity index (χ0) is 16.5. The molecule has 3 aromatic rings. The minimum Gasteiger partial charge on any atom is -0.333 e. The standard InChI is InChI=1S/C16H17ClN6O/c1-2-13-19-14-7-6-12(9-23(14)21-13)18-16-20-15(22-24-16)10-4-3-5-11(17)8-10/h3-5,8,12H,2,6-7,9H2,1H3,(H,18,20,22). The van der Waals surface area contributed by atoms with E-state index in [4.69, 9.17) is 16.1 Å². The highest BCUT2D eigenvalue weighted by Gasteiger charge is 2.23. The van der Waals surface area contributed by atoms with Gasteiger partial charge in [0.1, 0.15) is 5.82 Å². The van der Waals surface area contributed by atoms with Crippen LogP contribution in [-0.2, 0) is 19.4 Å². The van der Waals surface area contributed by atoms with E-state index in [9.17, 15) is 0 Å². The monoisotopic (exact) mass is 344 g/mol. The molecule has 0 fully saturated rings. The largest absolute Gasteiger partial charge is 0.333 e. The maximum absolute atomic E-state index is 6.00. The molecule has 0 saturated carbocycles. The van der Waals surface area contributed by atoms with E-state index in [-0.39, 0.29) is 6.04 Å². The Morgan fingerprint density at radius 1 is 1.38 bits per heavy atom. The molecule has 1 unspecified atom stereocenters. The smallest absolute Gasteiger partial charge is 0.322 e. The summed E-state index contributed by atoms with van der Waals surface area (Å²) in [5.41, 5.74) is 0.828. The molecular weight excluding hydrogens is 328 g/mol. The Morgan fingerprint density at radius 3 is 3.12 bits per heavy atom. The lowest BCUT2D eigenvalue weighted by molar-refractivity contribution is 0.400. The number of rotatable bonds is 4. The van der Waals surface area contributed by atoms with Crippen molar-refractivity contribution >= 4 is 17.6 Å². The van der Waals surface area contributed by atoms with Crippen LogP contribution < -0.4 is 5.32 Å². The molecule has 1 N–H and O–H groups in total. The second-order valence-corrected chi connectivity index (χ2v) is 6.23. The minimum atomic E-state index is 0.191. The van der Waals surface area contributed by atoms with Crippen molar-refractivity contribution in [1.29, 1.82) is 0 Å². The third-order valence-electron chi connectivity index (χ3n) is 4.05. The predicted molar refractivity (Wildman–Crippen MR) is 89.9 cm³/mol. The van der Waals surface area contributed by atoms with E-state index in [1.807, 2.05) is 28.9 Å². The summed E-state index contributed by atoms with van der Waals surface area (Å²) in [5, 5.41) is 12.5. The predicted octanol–water partition coefficient (Wildman–Crippen LogP) is 2.97. The Hall–Kier alpha value is -2.41. The molecule has 0 spiro atoms. The Kier molecular flexibility index (Phi) is 3.93. The summed E-state index contributed by atoms with van der Waals surface area (Å²) in [6, 6.07) is 7.98. The Morgan fingerprint density at radius 2 is 2.29 bits per heavy atom. The van der Waals surface area contributed by atoms with Gasteiger partial charge in [-0.3, -0.25) is 0 Å². The first-order valence-electron chi connectivity index (χ1n) is 8.00. The summed E-state index contributed by atoms with van der Waals surface area (Å²) in [6.45, 7) is 2.81. The highest BCUT2D eigenvalue weighted by Crippen LogP contribution is 2.22. The molecule has 7 nitrogen and oxygen atoms in total. The van der Waals surface area contributed by atoms with Gasteiger partial charge in [-0.05, 0) is 18.6 Å². The molecule has 3 heterocycles. The molecular formula is C16H17ClN6O. The topological polar surface area (TPSA) is 81.7 Å². The van der Waals surface area contributed by atoms with Gasteiger partial charge in [-0.15, -0.1) is 0 Å². The fourth-order valence-electron chi connectivity index (χ4n) is 2.83. The molecule has 0 aliphatic carbocycles. The fourth-order valence-corrected chi connectivity index (χ4v) is 3.02. The molecule has 4 rings (SSSR count). The van der Waals surface area contributed by atoms with Crippen LogP contribution in [0.2, 0.25) is 5.02 Å². The van der Waals surface area contributed by atoms with Crippen LogP contribution in [0.5, 0.6) is 0 Å². The Bertz CT molecular complexity index is 858. The molecule has 0 amide bonds. The third-order valence-corrected chi connectivity index (χ3v) is 4.29. The second kappa shape index (κ2) is 6.24. The van der Waals surface area contributed by atoms with E-state index in [0.29, 0.717) is 16.9 Å². The van der Waals surface area contributed by atoms with E-state index in [1.54, 1.807) is 0 Å². The number of anilines is 1. The summed E-state index contributed by atoms with van der Waals surface area (Å²) in [7, 11) is 0. The lowest BCUT2D eigenvalue weighted by atomic mass is 10.1. The minimum absolute atomic E-state index is 0.191. The maximum atomic E-state index is 6.00. The van der Waals surface area contributed by atoms with Crippen LogP contribution in [0.15, 0.2) is 28.8 Å². The SMILES string of the molecule is CCc1nc2n(n1)CC(Nc1nc(-c3cccc(Cl)c3)no1)CC2. The van der Waals surface area contributed by atoms with Crippen LogP contribution in [0.4, 0.5) is 6.01 Å². The number of hydrogen-bond acceptors (Lipinski definition) is 6. The van der Waals surface area contributed by atoms with Gasteiger partial charge in [0.15, 0.2) is 5.82 Å². The zero-order valence-electron chi connectivity index (χ0n) is 13.2. The molecule has 2 aromatic heterocycles. The Labute approximate surface area is 144 Å². The molecule has 124 valence electrons. The Balaban J connectivity index is 1.47. The lowest BCUT2D eigenvalue weighted by Gasteiger charge is -2.22. The van der Waals surface area contributed by atoms with E-state index in [1.165, 1.54) is 0 Å². The van der Waals surface area contributed by atoms with Gasteiger partial charge in [-0.1, -0.05) is 35.8 Å². The molecule has 1 aliphatic rings. The van der Waals surface area contributed by atoms with Gasteiger partial charge in [0.2, 0.25) is 5.82 Å². The quantitative estimate of drug-likeness (QED) is 0.783. The van der Waals surface area contributed by atoms with Crippen molar-refractivity contribution in [1.82, 2.24) is 24.9 Å². The summed E-state index contributed by atoms with van der Waals surface area (Å²) in [6.07, 6.45) is 2.70. The van der Waals surface area contributed by atoms with Gasteiger partial charge in [-0.2, -0.15) is 10.1 Å². The second-order valence-electron chi connectivity index (χ2n) is 5.79. The van der Waals surface area contributed by atoms with E-state index in [0.717, 1.165) is 43.0 Å². The molecule has 24 heavy (non-hydrogen) atoms. The zero-order valence-corrected chi connectivity index (χ0v) is 14.0. The summed E-state index contributed by atoms with van der Waals surface area (Å²) in [4.78, 5) is 8.92. The number of hydrogen-bond donors (Lipinski definition) is 1. The van der Waals surface area contributed by atoms with Gasteiger partial charge >= 0.3 is 6.01 Å². The molecule has 1 aromatic carbocycles. The first-order chi connectivity index (χ1) is 11.7. The molecule has 0 radical (unpaired) electrons. The average Bonchev–Trinajstić information content (AvgIpc) is 3.21. The van der Waals surface area contributed by atoms with Gasteiger partial charge in [-0.25, -0.2) is 9.67 Å². The van der Waals surface area contributed by atoms with Crippen molar-refractivity contribution in [3.8, 4) is 11.4 Å². The lowest BCUT2D eigenvalue weighted by Crippen LogP contribution is -2.32. The number of benzene rings is 1. The van der Waals surface area contributed by atoms with E-state index >= 15 is 0 Å². The maximum Gasteiger partial charge on any atom is 0.322 e. The molecule has 1 atom stereocenters. The van der Waals surface area contributed by atoms with Crippen molar-refractivity contribution in [3.63, 3.8) is 0 Å². The van der Waals surface area contributed by atoms with Crippen molar-refractivity contribution in [3.05, 3.63) is 40.9 Å². The van der Waals surface area contributed by atoms with Gasteiger partial charge in [0.05, 0.1) is 12.6 Å². The van der Waals surface area contributed by atoms with Gasteiger partial charge < -0.3 is 9.84 Å². The molecule has 8 heteroatoms. The van der Waals surface area contributed by atoms with Crippen LogP contribution in [-0.4, -0.2) is 30.9 Å². The van der Waals surface area contributed by atoms with Crippen molar-refractivity contribution in [2.75, 3.05) is 5.32 Å². The number of aromatic nitrogens is 5. The normalized spacial score (nSPS) is 16.8. The average molecular weight is 345 g/mol. The highest BCUT2D eigenvalue weighted by atomic mass is 35.5. The number of nitrogens with zero attached hydrogens (tertiary/aromatic N) is 5. The van der Waals surface area contributed by atoms with Crippen LogP contribution in [0, 0.1) is 0 Å². The molecule has 0 bridgehead atoms. The third kappa shape index (κ3) is 2.99. The van der Waals surface area contributed by atoms with Crippen LogP contribution >= 0.6 is 11.6 Å². The first-order valence-corrected chi connectivity index (χ1v) is 8.38. The van der Waals surface area contributed by atoms with Crippen LogP contribution in [0.1, 0.15) is 25.0 Å². The first kappa shape index (κ1) is 15.1. The van der Waals surface area contributed by atoms with Gasteiger partial charge in [0, 0.05) is 23.4 Å². The van der Waals surface area contributed by atoms with E-state index in [2.05, 4.69) is 32.5 Å². The van der Waals surface area contributed by atoms with E-state index < -0.39 is 0 Å². The molecule has 0 saturated heterocycles. The summed E-state index contributed by atoms with van der Waals surface area (Å²) >= 11 is 6.00. The molecule has 1 aliphatic heterocycles. The van der Waals surface area contributed by atoms with Crippen LogP contribution in [0.25, 0.3) is 11.4 Å². The van der Waals surface area contributed by atoms with Crippen LogP contribution in [0.3, 0.4) is 0 Å². The summed E-state index contributed by atoms with van der Waals surface area (Å²) < 4.78 is 7.28. The van der Waals surface area contributed by atoms with Crippen molar-refractivity contribution in [2.24, 2.45) is 0 Å². The fraction of sp³-hybridized carbons (Fsp3) is 0.375. The number of halogens is 1. The van der Waals surface area contributed by atoms with Gasteiger partial charge in [0.25, 0.3) is 0 Å². The highest BCUT2D eigenvalue weighted by molar-refractivity contribution is 6.30. The number of nitrogens with one attached hydrogen (secondary N) is 1.